The van der Waals surface area contributed by atoms with Gasteiger partial charge in [0, 0.05) is 21.4 Å². The second-order valence-electron chi connectivity index (χ2n) is 5.34. The molecule has 0 radical (unpaired) electrons. The van der Waals surface area contributed by atoms with Crippen molar-refractivity contribution in [2.24, 2.45) is 0 Å². The minimum Gasteiger partial charge on any atom is -0.480 e. The molecule has 0 bridgehead atoms. The number of amides is 1. The van der Waals surface area contributed by atoms with Crippen molar-refractivity contribution in [2.45, 2.75) is 9.79 Å². The number of halogens is 2. The molecular weight excluding hydrogens is 402 g/mol. The normalized spacial score (nSPS) is 11.1. The zero-order valence-electron chi connectivity index (χ0n) is 13.8. The van der Waals surface area contributed by atoms with E-state index in [0.717, 1.165) is 24.1 Å². The summed E-state index contributed by atoms with van der Waals surface area (Å²) < 4.78 is 52.3. The lowest BCUT2D eigenvalue weighted by Gasteiger charge is -2.13. The van der Waals surface area contributed by atoms with Gasteiger partial charge in [-0.15, -0.1) is 0 Å². The summed E-state index contributed by atoms with van der Waals surface area (Å²) in [5.74, 6) is -3.56. The van der Waals surface area contributed by atoms with Crippen LogP contribution >= 0.6 is 11.8 Å². The third-order valence-electron chi connectivity index (χ3n) is 3.05. The fourth-order valence-corrected chi connectivity index (χ4v) is 3.55. The van der Waals surface area contributed by atoms with Crippen LogP contribution in [0.4, 0.5) is 14.5 Å². The first kappa shape index (κ1) is 20.6. The van der Waals surface area contributed by atoms with Crippen molar-refractivity contribution in [3.8, 4) is 0 Å². The number of sulfonamides is 1. The van der Waals surface area contributed by atoms with Crippen LogP contribution in [0.15, 0.2) is 46.2 Å². The largest absolute Gasteiger partial charge is 0.480 e. The average molecular weight is 416 g/mol. The SMILES string of the molecule is CS(=O)(=O)Nc1ccc(C(=O)NCC(=O)O)cc1Sc1ccc(F)cc1F. The van der Waals surface area contributed by atoms with E-state index < -0.39 is 40.1 Å². The number of nitrogens with one attached hydrogen (secondary N) is 2. The molecule has 0 unspecified atom stereocenters. The molecule has 3 N–H and O–H groups in total. The van der Waals surface area contributed by atoms with Crippen LogP contribution in [0.1, 0.15) is 10.4 Å². The van der Waals surface area contributed by atoms with E-state index in [1.54, 1.807) is 0 Å². The molecule has 1 amide bonds. The van der Waals surface area contributed by atoms with Gasteiger partial charge in [-0.2, -0.15) is 0 Å². The molecule has 0 heterocycles. The lowest BCUT2D eigenvalue weighted by atomic mass is 10.2. The predicted molar refractivity (Wildman–Crippen MR) is 95.4 cm³/mol. The van der Waals surface area contributed by atoms with E-state index in [2.05, 4.69) is 10.0 Å². The Labute approximate surface area is 157 Å². The summed E-state index contributed by atoms with van der Waals surface area (Å²) in [6, 6.07) is 6.75. The lowest BCUT2D eigenvalue weighted by Crippen LogP contribution is -2.29. The van der Waals surface area contributed by atoms with Crippen LogP contribution in [-0.2, 0) is 14.8 Å². The Morgan fingerprint density at radius 1 is 1.11 bits per heavy atom. The standard InChI is InChI=1S/C16H14F2N2O5S2/c1-27(24,25)20-12-4-2-9(16(23)19-8-15(21)22)6-14(12)26-13-5-3-10(17)7-11(13)18/h2-7,20H,8H2,1H3,(H,19,23)(H,21,22). The van der Waals surface area contributed by atoms with Crippen molar-refractivity contribution in [2.75, 3.05) is 17.5 Å². The Bertz CT molecular complexity index is 996. The van der Waals surface area contributed by atoms with Crippen LogP contribution in [0.2, 0.25) is 0 Å². The van der Waals surface area contributed by atoms with E-state index >= 15 is 0 Å². The summed E-state index contributed by atoms with van der Waals surface area (Å²) in [6.07, 6.45) is 0.924. The van der Waals surface area contributed by atoms with Gasteiger partial charge in [0.15, 0.2) is 0 Å². The summed E-state index contributed by atoms with van der Waals surface area (Å²) in [7, 11) is -3.66. The highest BCUT2D eigenvalue weighted by Gasteiger charge is 2.15. The first-order valence-electron chi connectivity index (χ1n) is 7.30. The van der Waals surface area contributed by atoms with E-state index in [1.807, 2.05) is 0 Å². The minimum absolute atomic E-state index is 0.0102. The van der Waals surface area contributed by atoms with Gasteiger partial charge in [-0.25, -0.2) is 17.2 Å². The number of carbonyl (C=O) groups excluding carboxylic acids is 1. The molecule has 0 aliphatic rings. The van der Waals surface area contributed by atoms with Gasteiger partial charge < -0.3 is 10.4 Å². The monoisotopic (exact) mass is 416 g/mol. The van der Waals surface area contributed by atoms with E-state index in [0.29, 0.717) is 6.07 Å². The van der Waals surface area contributed by atoms with Crippen LogP contribution in [-0.4, -0.2) is 38.2 Å². The molecular formula is C16H14F2N2O5S2. The topological polar surface area (TPSA) is 113 Å². The van der Waals surface area contributed by atoms with Gasteiger partial charge in [0.05, 0.1) is 11.9 Å². The second kappa shape index (κ2) is 8.35. The summed E-state index contributed by atoms with van der Waals surface area (Å²) >= 11 is 0.781. The predicted octanol–water partition coefficient (Wildman–Crippen LogP) is 2.30. The Hall–Kier alpha value is -2.66. The van der Waals surface area contributed by atoms with Crippen LogP contribution in [0.5, 0.6) is 0 Å². The van der Waals surface area contributed by atoms with Gasteiger partial charge in [-0.3, -0.25) is 14.3 Å². The maximum atomic E-state index is 13.9. The number of hydrogen-bond donors (Lipinski definition) is 3. The zero-order chi connectivity index (χ0) is 20.2. The Kier molecular flexibility index (Phi) is 6.39. The van der Waals surface area contributed by atoms with Gasteiger partial charge in [0.1, 0.15) is 18.2 Å². The number of carboxylic acids is 1. The molecule has 0 aliphatic heterocycles. The average Bonchev–Trinajstić information content (AvgIpc) is 2.55. The molecule has 0 saturated heterocycles. The first-order chi connectivity index (χ1) is 12.5. The number of anilines is 1. The molecule has 27 heavy (non-hydrogen) atoms. The Morgan fingerprint density at radius 2 is 1.81 bits per heavy atom. The number of carbonyl (C=O) groups is 2. The third-order valence-corrected chi connectivity index (χ3v) is 4.75. The van der Waals surface area contributed by atoms with Gasteiger partial charge in [-0.1, -0.05) is 11.8 Å². The summed E-state index contributed by atoms with van der Waals surface area (Å²) in [6.45, 7) is -0.600. The van der Waals surface area contributed by atoms with Crippen molar-refractivity contribution in [1.82, 2.24) is 5.32 Å². The van der Waals surface area contributed by atoms with E-state index in [4.69, 9.17) is 5.11 Å². The first-order valence-corrected chi connectivity index (χ1v) is 10.0. The number of rotatable bonds is 7. The highest BCUT2D eigenvalue weighted by atomic mass is 32.2. The van der Waals surface area contributed by atoms with Crippen molar-refractivity contribution in [1.29, 1.82) is 0 Å². The molecule has 2 rings (SSSR count). The number of benzene rings is 2. The number of carboxylic acid groups (broad SMARTS) is 1. The van der Waals surface area contributed by atoms with Crippen LogP contribution in [0, 0.1) is 11.6 Å². The molecule has 0 spiro atoms. The van der Waals surface area contributed by atoms with Crippen molar-refractivity contribution < 1.29 is 31.9 Å². The van der Waals surface area contributed by atoms with Crippen molar-refractivity contribution in [3.63, 3.8) is 0 Å². The Morgan fingerprint density at radius 3 is 2.41 bits per heavy atom. The van der Waals surface area contributed by atoms with Gasteiger partial charge in [-0.05, 0) is 30.3 Å². The smallest absolute Gasteiger partial charge is 0.322 e. The summed E-state index contributed by atoms with van der Waals surface area (Å²) in [5, 5.41) is 10.8. The number of aliphatic carboxylic acids is 1. The summed E-state index contributed by atoms with van der Waals surface area (Å²) in [5.41, 5.74) is 0.126. The Balaban J connectivity index is 2.41. The van der Waals surface area contributed by atoms with E-state index in [1.165, 1.54) is 24.3 Å². The molecule has 0 saturated carbocycles. The van der Waals surface area contributed by atoms with Crippen molar-refractivity contribution in [3.05, 3.63) is 53.6 Å². The molecule has 7 nitrogen and oxygen atoms in total. The van der Waals surface area contributed by atoms with Crippen molar-refractivity contribution >= 4 is 39.3 Å². The molecule has 0 atom stereocenters. The molecule has 2 aromatic rings. The quantitative estimate of drug-likeness (QED) is 0.639. The van der Waals surface area contributed by atoms with Gasteiger partial charge in [0.25, 0.3) is 5.91 Å². The second-order valence-corrected chi connectivity index (χ2v) is 8.17. The fraction of sp³-hybridized carbons (Fsp3) is 0.125. The highest BCUT2D eigenvalue weighted by molar-refractivity contribution is 7.99. The molecule has 11 heteroatoms. The lowest BCUT2D eigenvalue weighted by molar-refractivity contribution is -0.135. The molecule has 0 fully saturated rings. The van der Waals surface area contributed by atoms with Crippen LogP contribution in [0.25, 0.3) is 0 Å². The zero-order valence-corrected chi connectivity index (χ0v) is 15.5. The maximum Gasteiger partial charge on any atom is 0.322 e. The maximum absolute atomic E-state index is 13.9. The molecule has 0 aliphatic carbocycles. The number of hydrogen-bond acceptors (Lipinski definition) is 5. The van der Waals surface area contributed by atoms with E-state index in [-0.39, 0.29) is 21.0 Å². The fourth-order valence-electron chi connectivity index (χ4n) is 1.97. The highest BCUT2D eigenvalue weighted by Crippen LogP contribution is 2.36. The van der Waals surface area contributed by atoms with Gasteiger partial charge >= 0.3 is 5.97 Å². The molecule has 0 aromatic heterocycles. The van der Waals surface area contributed by atoms with Gasteiger partial charge in [0.2, 0.25) is 10.0 Å². The minimum atomic E-state index is -3.66. The molecule has 2 aromatic carbocycles. The van der Waals surface area contributed by atoms with Crippen LogP contribution < -0.4 is 10.0 Å². The third kappa shape index (κ3) is 6.22. The summed E-state index contributed by atoms with van der Waals surface area (Å²) in [4.78, 5) is 22.8. The van der Waals surface area contributed by atoms with E-state index in [9.17, 15) is 26.8 Å². The van der Waals surface area contributed by atoms with Crippen LogP contribution in [0.3, 0.4) is 0 Å². The molecule has 144 valence electrons.